The van der Waals surface area contributed by atoms with Gasteiger partial charge in [-0.05, 0) is 56.0 Å². The largest absolute Gasteiger partial charge is 0.370 e. The van der Waals surface area contributed by atoms with Crippen LogP contribution in [0.25, 0.3) is 0 Å². The van der Waals surface area contributed by atoms with Crippen LogP contribution in [0.3, 0.4) is 0 Å². The van der Waals surface area contributed by atoms with Gasteiger partial charge in [-0.3, -0.25) is 4.79 Å². The summed E-state index contributed by atoms with van der Waals surface area (Å²) in [6, 6.07) is 14.0. The van der Waals surface area contributed by atoms with Gasteiger partial charge < -0.3 is 10.2 Å². The van der Waals surface area contributed by atoms with Crippen molar-refractivity contribution in [3.05, 3.63) is 53.6 Å². The molecule has 0 unspecified atom stereocenters. The standard InChI is InChI=1S/C22H26ClN3O3S/c23-18-8-9-21(25-12-4-5-13-25)20(16-18)24-22(27)17-10-14-26(15-11-17)30(28,29)19-6-2-1-3-7-19/h1-3,6-9,16-17H,4-5,10-15H2,(H,24,27). The van der Waals surface area contributed by atoms with Crippen molar-refractivity contribution >= 4 is 38.9 Å². The average molecular weight is 448 g/mol. The molecule has 2 aromatic carbocycles. The van der Waals surface area contributed by atoms with Crippen molar-refractivity contribution in [1.82, 2.24) is 4.31 Å². The molecular formula is C22H26ClN3O3S. The van der Waals surface area contributed by atoms with E-state index < -0.39 is 10.0 Å². The summed E-state index contributed by atoms with van der Waals surface area (Å²) in [5.74, 6) is -0.299. The number of carbonyl (C=O) groups is 1. The summed E-state index contributed by atoms with van der Waals surface area (Å²) in [5.41, 5.74) is 1.73. The number of benzene rings is 2. The van der Waals surface area contributed by atoms with Gasteiger partial charge in [-0.1, -0.05) is 29.8 Å². The minimum atomic E-state index is -3.52. The molecule has 0 bridgehead atoms. The molecule has 2 heterocycles. The summed E-state index contributed by atoms with van der Waals surface area (Å²) in [6.07, 6.45) is 3.28. The number of hydrogen-bond donors (Lipinski definition) is 1. The highest BCUT2D eigenvalue weighted by Crippen LogP contribution is 2.33. The molecule has 0 radical (unpaired) electrons. The maximum Gasteiger partial charge on any atom is 0.243 e. The Morgan fingerprint density at radius 3 is 2.30 bits per heavy atom. The lowest BCUT2D eigenvalue weighted by molar-refractivity contribution is -0.120. The second kappa shape index (κ2) is 8.96. The van der Waals surface area contributed by atoms with Crippen LogP contribution in [0.5, 0.6) is 0 Å². The van der Waals surface area contributed by atoms with Crippen molar-refractivity contribution in [2.75, 3.05) is 36.4 Å². The number of rotatable bonds is 5. The first-order chi connectivity index (χ1) is 14.4. The van der Waals surface area contributed by atoms with Crippen LogP contribution >= 0.6 is 11.6 Å². The zero-order valence-electron chi connectivity index (χ0n) is 16.8. The molecule has 0 saturated carbocycles. The monoisotopic (exact) mass is 447 g/mol. The van der Waals surface area contributed by atoms with Crippen LogP contribution in [0.4, 0.5) is 11.4 Å². The summed E-state index contributed by atoms with van der Waals surface area (Å²) in [4.78, 5) is 15.5. The summed E-state index contributed by atoms with van der Waals surface area (Å²) in [6.45, 7) is 2.62. The number of piperidine rings is 1. The van der Waals surface area contributed by atoms with Crippen LogP contribution in [-0.4, -0.2) is 44.8 Å². The van der Waals surface area contributed by atoms with Crippen LogP contribution in [0, 0.1) is 5.92 Å². The molecule has 0 aromatic heterocycles. The van der Waals surface area contributed by atoms with Crippen LogP contribution in [0.15, 0.2) is 53.4 Å². The van der Waals surface area contributed by atoms with E-state index in [4.69, 9.17) is 11.6 Å². The molecule has 2 saturated heterocycles. The van der Waals surface area contributed by atoms with Crippen molar-refractivity contribution in [3.8, 4) is 0 Å². The minimum absolute atomic E-state index is 0.0746. The molecule has 2 aliphatic rings. The molecule has 30 heavy (non-hydrogen) atoms. The number of hydrogen-bond acceptors (Lipinski definition) is 4. The Labute approximate surface area is 182 Å². The van der Waals surface area contributed by atoms with Crippen LogP contribution in [0.2, 0.25) is 5.02 Å². The van der Waals surface area contributed by atoms with Crippen molar-refractivity contribution in [2.24, 2.45) is 5.92 Å². The third kappa shape index (κ3) is 4.48. The topological polar surface area (TPSA) is 69.7 Å². The minimum Gasteiger partial charge on any atom is -0.370 e. The fraction of sp³-hybridized carbons (Fsp3) is 0.409. The average Bonchev–Trinajstić information content (AvgIpc) is 3.29. The lowest BCUT2D eigenvalue weighted by Gasteiger charge is -2.31. The van der Waals surface area contributed by atoms with E-state index in [2.05, 4.69) is 10.2 Å². The van der Waals surface area contributed by atoms with Gasteiger partial charge >= 0.3 is 0 Å². The first-order valence-corrected chi connectivity index (χ1v) is 12.2. The van der Waals surface area contributed by atoms with Gasteiger partial charge in [0, 0.05) is 37.1 Å². The first kappa shape index (κ1) is 21.2. The van der Waals surface area contributed by atoms with E-state index in [9.17, 15) is 13.2 Å². The van der Waals surface area contributed by atoms with Gasteiger partial charge in [-0.15, -0.1) is 0 Å². The fourth-order valence-corrected chi connectivity index (χ4v) is 5.84. The van der Waals surface area contributed by atoms with Crippen LogP contribution < -0.4 is 10.2 Å². The number of nitrogens with one attached hydrogen (secondary N) is 1. The Morgan fingerprint density at radius 1 is 0.967 bits per heavy atom. The van der Waals surface area contributed by atoms with Crippen molar-refractivity contribution in [2.45, 2.75) is 30.6 Å². The summed E-state index contributed by atoms with van der Waals surface area (Å²) in [7, 11) is -3.52. The van der Waals surface area contributed by atoms with Crippen LogP contribution in [0.1, 0.15) is 25.7 Å². The van der Waals surface area contributed by atoms with E-state index in [1.54, 1.807) is 36.4 Å². The second-order valence-electron chi connectivity index (χ2n) is 7.84. The van der Waals surface area contributed by atoms with E-state index in [0.717, 1.165) is 37.3 Å². The van der Waals surface area contributed by atoms with Gasteiger partial charge in [0.2, 0.25) is 15.9 Å². The molecular weight excluding hydrogens is 422 g/mol. The lowest BCUT2D eigenvalue weighted by atomic mass is 9.97. The lowest BCUT2D eigenvalue weighted by Crippen LogP contribution is -2.41. The molecule has 4 rings (SSSR count). The zero-order chi connectivity index (χ0) is 21.1. The van der Waals surface area contributed by atoms with E-state index in [-0.39, 0.29) is 11.8 Å². The molecule has 8 heteroatoms. The fourth-order valence-electron chi connectivity index (χ4n) is 4.18. The van der Waals surface area contributed by atoms with E-state index in [1.165, 1.54) is 4.31 Å². The van der Waals surface area contributed by atoms with Gasteiger partial charge in [-0.2, -0.15) is 4.31 Å². The van der Waals surface area contributed by atoms with Crippen molar-refractivity contribution < 1.29 is 13.2 Å². The number of nitrogens with zero attached hydrogens (tertiary/aromatic N) is 2. The Kier molecular flexibility index (Phi) is 6.32. The Bertz CT molecular complexity index is 1000. The Morgan fingerprint density at radius 2 is 1.63 bits per heavy atom. The van der Waals surface area contributed by atoms with Gasteiger partial charge in [-0.25, -0.2) is 8.42 Å². The third-order valence-corrected chi connectivity index (χ3v) is 8.02. The maximum atomic E-state index is 12.9. The highest BCUT2D eigenvalue weighted by molar-refractivity contribution is 7.89. The summed E-state index contributed by atoms with van der Waals surface area (Å²) < 4.78 is 27.1. The van der Waals surface area contributed by atoms with E-state index in [1.807, 2.05) is 12.1 Å². The predicted octanol–water partition coefficient (Wildman–Crippen LogP) is 3.98. The first-order valence-electron chi connectivity index (χ1n) is 10.4. The maximum absolute atomic E-state index is 12.9. The van der Waals surface area contributed by atoms with E-state index >= 15 is 0 Å². The smallest absolute Gasteiger partial charge is 0.243 e. The van der Waals surface area contributed by atoms with E-state index in [0.29, 0.717) is 35.8 Å². The second-order valence-corrected chi connectivity index (χ2v) is 10.2. The number of anilines is 2. The number of halogens is 1. The quantitative estimate of drug-likeness (QED) is 0.752. The van der Waals surface area contributed by atoms with Gasteiger partial charge in [0.25, 0.3) is 0 Å². The Balaban J connectivity index is 1.41. The molecule has 0 spiro atoms. The highest BCUT2D eigenvalue weighted by Gasteiger charge is 2.32. The summed E-state index contributed by atoms with van der Waals surface area (Å²) >= 11 is 6.18. The number of amides is 1. The SMILES string of the molecule is O=C(Nc1cc(Cl)ccc1N1CCCC1)C1CCN(S(=O)(=O)c2ccccc2)CC1. The van der Waals surface area contributed by atoms with Crippen LogP contribution in [-0.2, 0) is 14.8 Å². The Hall–Kier alpha value is -2.09. The molecule has 0 aliphatic carbocycles. The molecule has 1 amide bonds. The molecule has 2 aromatic rings. The number of carbonyl (C=O) groups excluding carboxylic acids is 1. The zero-order valence-corrected chi connectivity index (χ0v) is 18.3. The van der Waals surface area contributed by atoms with Gasteiger partial charge in [0.15, 0.2) is 0 Å². The molecule has 160 valence electrons. The molecule has 6 nitrogen and oxygen atoms in total. The van der Waals surface area contributed by atoms with Gasteiger partial charge in [0.05, 0.1) is 16.3 Å². The molecule has 1 N–H and O–H groups in total. The summed E-state index contributed by atoms with van der Waals surface area (Å²) in [5, 5.41) is 3.63. The van der Waals surface area contributed by atoms with Crippen molar-refractivity contribution in [1.29, 1.82) is 0 Å². The predicted molar refractivity (Wildman–Crippen MR) is 119 cm³/mol. The third-order valence-electron chi connectivity index (χ3n) is 5.87. The highest BCUT2D eigenvalue weighted by atomic mass is 35.5. The molecule has 0 atom stereocenters. The number of sulfonamides is 1. The normalized spacial score (nSPS) is 18.5. The molecule has 2 aliphatic heterocycles. The van der Waals surface area contributed by atoms with Crippen molar-refractivity contribution in [3.63, 3.8) is 0 Å². The van der Waals surface area contributed by atoms with Gasteiger partial charge in [0.1, 0.15) is 0 Å². The molecule has 2 fully saturated rings.